The third-order valence-electron chi connectivity index (χ3n) is 5.22. The maximum absolute atomic E-state index is 12.9. The van der Waals surface area contributed by atoms with Gasteiger partial charge in [0.05, 0.1) is 23.8 Å². The summed E-state index contributed by atoms with van der Waals surface area (Å²) in [7, 11) is 0. The topological polar surface area (TPSA) is 76.8 Å². The molecule has 2 aromatic rings. The second-order valence-electron chi connectivity index (χ2n) is 6.98. The SMILES string of the molecule is C[C@@H]1CC[C@@H]2C(=O)N(c3ccccc3OC(=O)c3ccco3)C(=O)[C@@H]2C1. The summed E-state index contributed by atoms with van der Waals surface area (Å²) in [4.78, 5) is 39.2. The van der Waals surface area contributed by atoms with Crippen LogP contribution in [0.15, 0.2) is 47.1 Å². The summed E-state index contributed by atoms with van der Waals surface area (Å²) in [6.45, 7) is 2.11. The molecule has 0 bridgehead atoms. The van der Waals surface area contributed by atoms with Crippen molar-refractivity contribution in [2.75, 3.05) is 4.90 Å². The highest BCUT2D eigenvalue weighted by atomic mass is 16.5. The Kier molecular flexibility index (Phi) is 4.11. The fourth-order valence-electron chi connectivity index (χ4n) is 3.90. The molecule has 1 saturated heterocycles. The number of anilines is 1. The van der Waals surface area contributed by atoms with Crippen molar-refractivity contribution in [2.24, 2.45) is 17.8 Å². The molecule has 3 atom stereocenters. The highest BCUT2D eigenvalue weighted by Gasteiger charge is 2.50. The van der Waals surface area contributed by atoms with Gasteiger partial charge in [-0.25, -0.2) is 9.69 Å². The number of esters is 1. The summed E-state index contributed by atoms with van der Waals surface area (Å²) in [5, 5.41) is 0. The lowest BCUT2D eigenvalue weighted by Crippen LogP contribution is -2.31. The zero-order chi connectivity index (χ0) is 18.3. The molecule has 0 N–H and O–H groups in total. The van der Waals surface area contributed by atoms with Crippen LogP contribution in [0.2, 0.25) is 0 Å². The monoisotopic (exact) mass is 353 g/mol. The van der Waals surface area contributed by atoms with Gasteiger partial charge in [-0.05, 0) is 49.4 Å². The van der Waals surface area contributed by atoms with Crippen molar-refractivity contribution in [3.8, 4) is 5.75 Å². The number of imide groups is 1. The molecule has 2 fully saturated rings. The first-order chi connectivity index (χ1) is 12.6. The Morgan fingerprint density at radius 3 is 2.62 bits per heavy atom. The van der Waals surface area contributed by atoms with E-state index in [1.54, 1.807) is 30.3 Å². The molecule has 1 aliphatic heterocycles. The van der Waals surface area contributed by atoms with Gasteiger partial charge in [-0.1, -0.05) is 19.1 Å². The number of hydrogen-bond donors (Lipinski definition) is 0. The van der Waals surface area contributed by atoms with Crippen LogP contribution in [0.1, 0.15) is 36.7 Å². The average molecular weight is 353 g/mol. The Morgan fingerprint density at radius 2 is 1.85 bits per heavy atom. The van der Waals surface area contributed by atoms with Gasteiger partial charge in [-0.3, -0.25) is 9.59 Å². The van der Waals surface area contributed by atoms with Crippen molar-refractivity contribution in [1.82, 2.24) is 0 Å². The van der Waals surface area contributed by atoms with Gasteiger partial charge in [0.25, 0.3) is 0 Å². The Balaban J connectivity index is 1.65. The Labute approximate surface area is 150 Å². The van der Waals surface area contributed by atoms with E-state index in [0.717, 1.165) is 19.3 Å². The summed E-state index contributed by atoms with van der Waals surface area (Å²) in [5.74, 6) is -0.967. The van der Waals surface area contributed by atoms with Crippen molar-refractivity contribution in [1.29, 1.82) is 0 Å². The Hall–Kier alpha value is -2.89. The van der Waals surface area contributed by atoms with Crippen LogP contribution in [0.4, 0.5) is 5.69 Å². The molecule has 0 spiro atoms. The number of benzene rings is 1. The van der Waals surface area contributed by atoms with Crippen LogP contribution in [-0.2, 0) is 9.59 Å². The van der Waals surface area contributed by atoms with Gasteiger partial charge in [0, 0.05) is 0 Å². The minimum atomic E-state index is -0.674. The van der Waals surface area contributed by atoms with Crippen LogP contribution in [-0.4, -0.2) is 17.8 Å². The molecule has 4 rings (SSSR count). The van der Waals surface area contributed by atoms with Crippen LogP contribution < -0.4 is 9.64 Å². The van der Waals surface area contributed by atoms with Gasteiger partial charge in [0.1, 0.15) is 0 Å². The number of nitrogens with zero attached hydrogens (tertiary/aromatic N) is 1. The molecule has 1 aromatic carbocycles. The van der Waals surface area contributed by atoms with Gasteiger partial charge in [-0.2, -0.15) is 0 Å². The second-order valence-corrected chi connectivity index (χ2v) is 6.98. The average Bonchev–Trinajstić information content (AvgIpc) is 3.24. The van der Waals surface area contributed by atoms with Crippen LogP contribution in [0, 0.1) is 17.8 Å². The molecule has 2 aliphatic rings. The number of hydrogen-bond acceptors (Lipinski definition) is 5. The fourth-order valence-corrected chi connectivity index (χ4v) is 3.90. The van der Waals surface area contributed by atoms with Crippen LogP contribution >= 0.6 is 0 Å². The van der Waals surface area contributed by atoms with Crippen molar-refractivity contribution >= 4 is 23.5 Å². The predicted molar refractivity (Wildman–Crippen MR) is 92.6 cm³/mol. The van der Waals surface area contributed by atoms with Gasteiger partial charge in [-0.15, -0.1) is 0 Å². The second kappa shape index (κ2) is 6.44. The summed E-state index contributed by atoms with van der Waals surface area (Å²) in [6, 6.07) is 9.68. The molecular weight excluding hydrogens is 334 g/mol. The molecule has 0 radical (unpaired) electrons. The summed E-state index contributed by atoms with van der Waals surface area (Å²) in [6.07, 6.45) is 3.77. The van der Waals surface area contributed by atoms with E-state index in [-0.39, 0.29) is 35.2 Å². The van der Waals surface area contributed by atoms with E-state index in [2.05, 4.69) is 6.92 Å². The molecule has 6 nitrogen and oxygen atoms in total. The standard InChI is InChI=1S/C20H19NO5/c1-12-8-9-13-14(11-12)19(23)21(18(13)22)15-5-2-3-6-16(15)26-20(24)17-7-4-10-25-17/h2-7,10,12-14H,8-9,11H2,1H3/t12-,13+,14-/m1/s1. The third-order valence-corrected chi connectivity index (χ3v) is 5.22. The third kappa shape index (κ3) is 2.71. The van der Waals surface area contributed by atoms with Crippen molar-refractivity contribution < 1.29 is 23.5 Å². The normalized spacial score (nSPS) is 25.3. The molecule has 134 valence electrons. The van der Waals surface area contributed by atoms with E-state index in [1.165, 1.54) is 17.2 Å². The van der Waals surface area contributed by atoms with Crippen LogP contribution in [0.5, 0.6) is 5.75 Å². The highest BCUT2D eigenvalue weighted by Crippen LogP contribution is 2.44. The molecule has 2 heterocycles. The van der Waals surface area contributed by atoms with Gasteiger partial charge < -0.3 is 9.15 Å². The Morgan fingerprint density at radius 1 is 1.08 bits per heavy atom. The minimum absolute atomic E-state index is 0.0568. The van der Waals surface area contributed by atoms with E-state index in [9.17, 15) is 14.4 Å². The zero-order valence-electron chi connectivity index (χ0n) is 14.4. The van der Waals surface area contributed by atoms with E-state index in [0.29, 0.717) is 11.6 Å². The van der Waals surface area contributed by atoms with Gasteiger partial charge in [0.15, 0.2) is 5.75 Å². The molecule has 2 amide bonds. The van der Waals surface area contributed by atoms with E-state index in [4.69, 9.17) is 9.15 Å². The first-order valence-electron chi connectivity index (χ1n) is 8.78. The lowest BCUT2D eigenvalue weighted by Gasteiger charge is -2.25. The molecule has 0 unspecified atom stereocenters. The van der Waals surface area contributed by atoms with Crippen LogP contribution in [0.25, 0.3) is 0 Å². The molecule has 1 aromatic heterocycles. The number of fused-ring (bicyclic) bond motifs is 1. The van der Waals surface area contributed by atoms with Gasteiger partial charge in [0.2, 0.25) is 17.6 Å². The minimum Gasteiger partial charge on any atom is -0.457 e. The lowest BCUT2D eigenvalue weighted by molar-refractivity contribution is -0.122. The predicted octanol–water partition coefficient (Wildman–Crippen LogP) is 3.42. The first kappa shape index (κ1) is 16.6. The summed E-state index contributed by atoms with van der Waals surface area (Å²) >= 11 is 0. The lowest BCUT2D eigenvalue weighted by atomic mass is 9.76. The number of ether oxygens (including phenoxy) is 1. The van der Waals surface area contributed by atoms with Crippen LogP contribution in [0.3, 0.4) is 0 Å². The number of amides is 2. The maximum atomic E-state index is 12.9. The van der Waals surface area contributed by atoms with Crippen molar-refractivity contribution in [3.63, 3.8) is 0 Å². The number of carbonyl (C=O) groups excluding carboxylic acids is 3. The molecule has 6 heteroatoms. The number of rotatable bonds is 3. The van der Waals surface area contributed by atoms with E-state index in [1.807, 2.05) is 0 Å². The van der Waals surface area contributed by atoms with Crippen molar-refractivity contribution in [2.45, 2.75) is 26.2 Å². The Bertz CT molecular complexity index is 857. The number of furan rings is 1. The van der Waals surface area contributed by atoms with E-state index < -0.39 is 5.97 Å². The quantitative estimate of drug-likeness (QED) is 0.480. The first-order valence-corrected chi connectivity index (χ1v) is 8.78. The van der Waals surface area contributed by atoms with E-state index >= 15 is 0 Å². The summed E-state index contributed by atoms with van der Waals surface area (Å²) < 4.78 is 10.4. The number of carbonyl (C=O) groups is 3. The smallest absolute Gasteiger partial charge is 0.379 e. The largest absolute Gasteiger partial charge is 0.457 e. The molecule has 1 aliphatic carbocycles. The highest BCUT2D eigenvalue weighted by molar-refractivity contribution is 6.22. The zero-order valence-corrected chi connectivity index (χ0v) is 14.4. The molecule has 1 saturated carbocycles. The molecule has 26 heavy (non-hydrogen) atoms. The number of para-hydroxylation sites is 2. The summed E-state index contributed by atoms with van der Waals surface area (Å²) in [5.41, 5.74) is 0.310. The molecular formula is C20H19NO5. The van der Waals surface area contributed by atoms with Crippen molar-refractivity contribution in [3.05, 3.63) is 48.4 Å². The fraction of sp³-hybridized carbons (Fsp3) is 0.350. The maximum Gasteiger partial charge on any atom is 0.379 e. The van der Waals surface area contributed by atoms with Gasteiger partial charge >= 0.3 is 5.97 Å².